The third-order valence-electron chi connectivity index (χ3n) is 4.45. The number of nitrogens with one attached hydrogen (secondary N) is 3. The van der Waals surface area contributed by atoms with Crippen molar-refractivity contribution in [2.24, 2.45) is 0 Å². The molecule has 0 spiro atoms. The molecule has 0 radical (unpaired) electrons. The van der Waals surface area contributed by atoms with E-state index in [9.17, 15) is 26.4 Å². The fraction of sp³-hybridized carbons (Fsp3) is 0.300. The molecule has 13 heteroatoms. The molecule has 33 heavy (non-hydrogen) atoms. The summed E-state index contributed by atoms with van der Waals surface area (Å²) < 4.78 is 57.5. The molecule has 2 aromatic rings. The first-order valence-electron chi connectivity index (χ1n) is 9.70. The number of nitrogens with zero attached hydrogens (tertiary/aromatic N) is 1. The van der Waals surface area contributed by atoms with Crippen LogP contribution in [0.5, 0.6) is 5.75 Å². The second-order valence-electron chi connectivity index (χ2n) is 6.99. The molecule has 0 aliphatic carbocycles. The molecule has 0 aromatic heterocycles. The van der Waals surface area contributed by atoms with Crippen LogP contribution in [0.25, 0.3) is 0 Å². The first-order valence-corrected chi connectivity index (χ1v) is 12.6. The third kappa shape index (κ3) is 7.53. The Morgan fingerprint density at radius 3 is 2.00 bits per heavy atom. The van der Waals surface area contributed by atoms with Crippen LogP contribution in [0.2, 0.25) is 0 Å². The van der Waals surface area contributed by atoms with E-state index < -0.39 is 38.4 Å². The van der Waals surface area contributed by atoms with Crippen molar-refractivity contribution in [2.75, 3.05) is 27.2 Å². The Balaban J connectivity index is 1.78. The van der Waals surface area contributed by atoms with Crippen LogP contribution in [0.1, 0.15) is 12.0 Å². The third-order valence-corrected chi connectivity index (χ3v) is 7.75. The van der Waals surface area contributed by atoms with Gasteiger partial charge in [0, 0.05) is 20.0 Å². The van der Waals surface area contributed by atoms with E-state index in [4.69, 9.17) is 4.74 Å². The van der Waals surface area contributed by atoms with Crippen molar-refractivity contribution < 1.29 is 31.2 Å². The fourth-order valence-corrected chi connectivity index (χ4v) is 4.71. The summed E-state index contributed by atoms with van der Waals surface area (Å²) in [5, 5.41) is 0. The van der Waals surface area contributed by atoms with E-state index in [0.29, 0.717) is 5.75 Å². The van der Waals surface area contributed by atoms with Gasteiger partial charge in [-0.1, -0.05) is 17.7 Å². The summed E-state index contributed by atoms with van der Waals surface area (Å²) in [5.74, 6) is -0.924. The van der Waals surface area contributed by atoms with Crippen LogP contribution in [0.3, 0.4) is 0 Å². The summed E-state index contributed by atoms with van der Waals surface area (Å²) in [5.41, 5.74) is 5.11. The van der Waals surface area contributed by atoms with Gasteiger partial charge in [-0.3, -0.25) is 20.4 Å². The summed E-state index contributed by atoms with van der Waals surface area (Å²) in [4.78, 5) is 23.9. The lowest BCUT2D eigenvalue weighted by molar-refractivity contribution is -0.128. The average molecular weight is 499 g/mol. The van der Waals surface area contributed by atoms with E-state index in [2.05, 4.69) is 15.6 Å². The quantitative estimate of drug-likeness (QED) is 0.394. The molecular weight excluding hydrogens is 472 g/mol. The highest BCUT2D eigenvalue weighted by atomic mass is 32.2. The lowest BCUT2D eigenvalue weighted by atomic mass is 10.2. The molecule has 0 saturated heterocycles. The molecule has 0 aliphatic heterocycles. The van der Waals surface area contributed by atoms with Gasteiger partial charge in [0.25, 0.3) is 5.91 Å². The predicted octanol–water partition coefficient (Wildman–Crippen LogP) is 0.140. The summed E-state index contributed by atoms with van der Waals surface area (Å²) in [6, 6.07) is 11.9. The van der Waals surface area contributed by atoms with Crippen molar-refractivity contribution in [3.63, 3.8) is 0 Å². The molecule has 0 heterocycles. The topological polar surface area (TPSA) is 151 Å². The Kier molecular flexibility index (Phi) is 8.93. The van der Waals surface area contributed by atoms with Crippen LogP contribution in [0.15, 0.2) is 58.3 Å². The second kappa shape index (κ2) is 11.2. The normalized spacial score (nSPS) is 11.8. The van der Waals surface area contributed by atoms with Crippen molar-refractivity contribution in [1.29, 1.82) is 0 Å². The summed E-state index contributed by atoms with van der Waals surface area (Å²) in [6.07, 6.45) is -0.257. The van der Waals surface area contributed by atoms with Crippen LogP contribution in [-0.2, 0) is 29.6 Å². The van der Waals surface area contributed by atoms with E-state index in [1.165, 1.54) is 50.6 Å². The van der Waals surface area contributed by atoms with Crippen LogP contribution >= 0.6 is 0 Å². The Hall–Kier alpha value is -3.00. The number of benzene rings is 2. The number of rotatable bonds is 10. The SMILES string of the molecule is COc1ccc(S(=O)(=O)NCCC(=O)NNC(=O)CN(C)S(=O)(=O)c2ccc(C)cc2)cc1. The molecule has 11 nitrogen and oxygen atoms in total. The summed E-state index contributed by atoms with van der Waals surface area (Å²) >= 11 is 0. The number of carbonyl (C=O) groups excluding carboxylic acids is 2. The smallest absolute Gasteiger partial charge is 0.253 e. The van der Waals surface area contributed by atoms with Crippen molar-refractivity contribution >= 4 is 31.9 Å². The standard InChI is InChI=1S/C20H26N4O7S2/c1-15-4-8-18(9-5-15)33(29,30)24(2)14-20(26)23-22-19(25)12-13-21-32(27,28)17-10-6-16(31-3)7-11-17/h4-11,21H,12-14H2,1-3H3,(H,22,25)(H,23,26). The minimum Gasteiger partial charge on any atom is -0.497 e. The monoisotopic (exact) mass is 498 g/mol. The maximum atomic E-state index is 12.5. The summed E-state index contributed by atoms with van der Waals surface area (Å²) in [7, 11) is -5.00. The van der Waals surface area contributed by atoms with Crippen LogP contribution in [0.4, 0.5) is 0 Å². The molecule has 0 fully saturated rings. The van der Waals surface area contributed by atoms with E-state index >= 15 is 0 Å². The van der Waals surface area contributed by atoms with Gasteiger partial charge in [-0.25, -0.2) is 21.6 Å². The first kappa shape index (κ1) is 26.3. The van der Waals surface area contributed by atoms with Gasteiger partial charge < -0.3 is 4.74 Å². The average Bonchev–Trinajstić information content (AvgIpc) is 2.78. The molecule has 3 N–H and O–H groups in total. The van der Waals surface area contributed by atoms with Gasteiger partial charge in [0.15, 0.2) is 0 Å². The van der Waals surface area contributed by atoms with Gasteiger partial charge in [0.1, 0.15) is 5.75 Å². The van der Waals surface area contributed by atoms with Gasteiger partial charge in [-0.15, -0.1) is 0 Å². The number of hydrogen-bond donors (Lipinski definition) is 3. The van der Waals surface area contributed by atoms with E-state index in [1.807, 2.05) is 6.92 Å². The van der Waals surface area contributed by atoms with Crippen LogP contribution in [-0.4, -0.2) is 60.2 Å². The number of ether oxygens (including phenoxy) is 1. The number of hydrogen-bond acceptors (Lipinski definition) is 7. The lowest BCUT2D eigenvalue weighted by Crippen LogP contribution is -2.47. The van der Waals surface area contributed by atoms with Crippen molar-refractivity contribution in [2.45, 2.75) is 23.1 Å². The maximum absolute atomic E-state index is 12.5. The Morgan fingerprint density at radius 2 is 1.42 bits per heavy atom. The molecule has 2 rings (SSSR count). The number of amides is 2. The number of methoxy groups -OCH3 is 1. The highest BCUT2D eigenvalue weighted by molar-refractivity contribution is 7.89. The molecule has 0 saturated carbocycles. The lowest BCUT2D eigenvalue weighted by Gasteiger charge is -2.17. The summed E-state index contributed by atoms with van der Waals surface area (Å²) in [6.45, 7) is 1.08. The fourth-order valence-electron chi connectivity index (χ4n) is 2.56. The number of hydrazine groups is 1. The van der Waals surface area contributed by atoms with E-state index in [1.54, 1.807) is 12.1 Å². The number of likely N-dealkylation sites (N-methyl/N-ethyl adjacent to an activating group) is 1. The first-order chi connectivity index (χ1) is 15.5. The minimum absolute atomic E-state index is 0.00911. The van der Waals surface area contributed by atoms with Crippen molar-refractivity contribution in [3.05, 3.63) is 54.1 Å². The molecule has 0 atom stereocenters. The van der Waals surface area contributed by atoms with Crippen LogP contribution in [0, 0.1) is 6.92 Å². The zero-order valence-corrected chi connectivity index (χ0v) is 20.0. The molecule has 180 valence electrons. The number of sulfonamides is 2. The molecule has 2 amide bonds. The number of aryl methyl sites for hydroxylation is 1. The van der Waals surface area contributed by atoms with Gasteiger partial charge in [0.05, 0.1) is 23.4 Å². The predicted molar refractivity (Wildman–Crippen MR) is 120 cm³/mol. The van der Waals surface area contributed by atoms with Crippen molar-refractivity contribution in [1.82, 2.24) is 19.9 Å². The molecule has 0 aliphatic rings. The minimum atomic E-state index is -3.88. The highest BCUT2D eigenvalue weighted by Crippen LogP contribution is 2.15. The van der Waals surface area contributed by atoms with Crippen molar-refractivity contribution in [3.8, 4) is 5.75 Å². The van der Waals surface area contributed by atoms with Gasteiger partial charge >= 0.3 is 0 Å². The maximum Gasteiger partial charge on any atom is 0.253 e. The Bertz CT molecular complexity index is 1180. The highest BCUT2D eigenvalue weighted by Gasteiger charge is 2.23. The Labute approximate surface area is 193 Å². The van der Waals surface area contributed by atoms with E-state index in [-0.39, 0.29) is 22.8 Å². The van der Waals surface area contributed by atoms with Gasteiger partial charge in [0.2, 0.25) is 26.0 Å². The number of carbonyl (C=O) groups is 2. The Morgan fingerprint density at radius 1 is 0.879 bits per heavy atom. The van der Waals surface area contributed by atoms with Crippen LogP contribution < -0.4 is 20.3 Å². The second-order valence-corrected chi connectivity index (χ2v) is 10.8. The van der Waals surface area contributed by atoms with Gasteiger partial charge in [-0.2, -0.15) is 4.31 Å². The largest absolute Gasteiger partial charge is 0.497 e. The zero-order valence-electron chi connectivity index (χ0n) is 18.4. The zero-order chi connectivity index (χ0) is 24.6. The molecule has 2 aromatic carbocycles. The molecular formula is C20H26N4O7S2. The molecule has 0 bridgehead atoms. The van der Waals surface area contributed by atoms with Gasteiger partial charge in [-0.05, 0) is 43.3 Å². The van der Waals surface area contributed by atoms with E-state index in [0.717, 1.165) is 9.87 Å². The molecule has 0 unspecified atom stereocenters.